The quantitative estimate of drug-likeness (QED) is 0.823. The Balaban J connectivity index is 2.14. The molecule has 0 aromatic heterocycles. The number of benzene rings is 2. The van der Waals surface area contributed by atoms with Gasteiger partial charge in [-0.15, -0.1) is 6.42 Å². The molecule has 0 aliphatic heterocycles. The standard InChI is InChI=1S/C15H12ClNO/c1-2-11-5-3-6-12(9-11)17-10-13-14(16)7-4-8-15(13)18/h1,3-9,17-18H,10H2. The molecule has 0 heterocycles. The number of halogens is 1. The summed E-state index contributed by atoms with van der Waals surface area (Å²) in [6, 6.07) is 12.6. The van der Waals surface area contributed by atoms with E-state index in [1.54, 1.807) is 18.2 Å². The van der Waals surface area contributed by atoms with Crippen molar-refractivity contribution in [2.24, 2.45) is 0 Å². The molecule has 0 radical (unpaired) electrons. The molecule has 0 spiro atoms. The van der Waals surface area contributed by atoms with Crippen LogP contribution in [0.2, 0.25) is 5.02 Å². The number of phenolic OH excluding ortho intramolecular Hbond substituents is 1. The maximum absolute atomic E-state index is 9.71. The van der Waals surface area contributed by atoms with Gasteiger partial charge in [-0.1, -0.05) is 29.7 Å². The minimum atomic E-state index is 0.183. The molecule has 0 aliphatic carbocycles. The molecule has 0 saturated carbocycles. The zero-order valence-electron chi connectivity index (χ0n) is 9.65. The van der Waals surface area contributed by atoms with Gasteiger partial charge in [0.2, 0.25) is 0 Å². The Labute approximate surface area is 111 Å². The molecular weight excluding hydrogens is 246 g/mol. The Bertz CT molecular complexity index is 581. The lowest BCUT2D eigenvalue weighted by molar-refractivity contribution is 0.469. The first-order valence-electron chi connectivity index (χ1n) is 5.47. The third-order valence-corrected chi connectivity index (χ3v) is 2.95. The largest absolute Gasteiger partial charge is 0.508 e. The first kappa shape index (κ1) is 12.3. The summed E-state index contributed by atoms with van der Waals surface area (Å²) >= 11 is 6.02. The minimum absolute atomic E-state index is 0.183. The highest BCUT2D eigenvalue weighted by Gasteiger charge is 2.05. The number of terminal acetylenes is 1. The average Bonchev–Trinajstić information content (AvgIpc) is 2.38. The van der Waals surface area contributed by atoms with E-state index in [0.29, 0.717) is 17.1 Å². The number of hydrogen-bond acceptors (Lipinski definition) is 2. The molecular formula is C15H12ClNO. The fourth-order valence-electron chi connectivity index (χ4n) is 1.63. The fraction of sp³-hybridized carbons (Fsp3) is 0.0667. The van der Waals surface area contributed by atoms with Crippen LogP contribution in [0.3, 0.4) is 0 Å². The summed E-state index contributed by atoms with van der Waals surface area (Å²) in [6.07, 6.45) is 5.34. The number of rotatable bonds is 3. The molecule has 0 aliphatic rings. The number of nitrogens with one attached hydrogen (secondary N) is 1. The summed E-state index contributed by atoms with van der Waals surface area (Å²) in [6.45, 7) is 0.444. The van der Waals surface area contributed by atoms with Crippen LogP contribution in [0.25, 0.3) is 0 Å². The number of anilines is 1. The van der Waals surface area contributed by atoms with E-state index >= 15 is 0 Å². The third kappa shape index (κ3) is 2.77. The fourth-order valence-corrected chi connectivity index (χ4v) is 1.87. The predicted molar refractivity (Wildman–Crippen MR) is 74.8 cm³/mol. The molecule has 90 valence electrons. The SMILES string of the molecule is C#Cc1cccc(NCc2c(O)cccc2Cl)c1. The van der Waals surface area contributed by atoms with Gasteiger partial charge in [0.15, 0.2) is 0 Å². The molecule has 2 aromatic rings. The molecule has 0 amide bonds. The summed E-state index contributed by atoms with van der Waals surface area (Å²) in [4.78, 5) is 0. The number of hydrogen-bond donors (Lipinski definition) is 2. The molecule has 0 bridgehead atoms. The zero-order valence-corrected chi connectivity index (χ0v) is 10.4. The smallest absolute Gasteiger partial charge is 0.122 e. The Morgan fingerprint density at radius 3 is 2.72 bits per heavy atom. The van der Waals surface area contributed by atoms with Crippen molar-refractivity contribution < 1.29 is 5.11 Å². The van der Waals surface area contributed by atoms with Gasteiger partial charge in [-0.25, -0.2) is 0 Å². The zero-order chi connectivity index (χ0) is 13.0. The van der Waals surface area contributed by atoms with Crippen LogP contribution in [-0.2, 0) is 6.54 Å². The van der Waals surface area contributed by atoms with Gasteiger partial charge in [-0.3, -0.25) is 0 Å². The van der Waals surface area contributed by atoms with E-state index in [0.717, 1.165) is 11.3 Å². The van der Waals surface area contributed by atoms with Crippen LogP contribution < -0.4 is 5.32 Å². The van der Waals surface area contributed by atoms with E-state index in [9.17, 15) is 5.11 Å². The second-order valence-corrected chi connectivity index (χ2v) is 4.22. The first-order valence-corrected chi connectivity index (χ1v) is 5.85. The van der Waals surface area contributed by atoms with Crippen molar-refractivity contribution in [3.05, 3.63) is 58.6 Å². The summed E-state index contributed by atoms with van der Waals surface area (Å²) in [5.74, 6) is 2.76. The van der Waals surface area contributed by atoms with Crippen molar-refractivity contribution in [2.75, 3.05) is 5.32 Å². The minimum Gasteiger partial charge on any atom is -0.508 e. The third-order valence-electron chi connectivity index (χ3n) is 2.59. The van der Waals surface area contributed by atoms with Crippen molar-refractivity contribution in [1.82, 2.24) is 0 Å². The molecule has 2 N–H and O–H groups in total. The van der Waals surface area contributed by atoms with Crippen molar-refractivity contribution >= 4 is 17.3 Å². The van der Waals surface area contributed by atoms with Gasteiger partial charge in [-0.05, 0) is 30.3 Å². The maximum Gasteiger partial charge on any atom is 0.122 e. The van der Waals surface area contributed by atoms with Crippen LogP contribution >= 0.6 is 11.6 Å². The molecule has 0 atom stereocenters. The lowest BCUT2D eigenvalue weighted by atomic mass is 10.1. The van der Waals surface area contributed by atoms with Crippen molar-refractivity contribution in [3.63, 3.8) is 0 Å². The Hall–Kier alpha value is -2.11. The number of phenols is 1. The second kappa shape index (κ2) is 5.48. The normalized spacial score (nSPS) is 9.78. The van der Waals surface area contributed by atoms with Gasteiger partial charge in [0.05, 0.1) is 0 Å². The van der Waals surface area contributed by atoms with Crippen molar-refractivity contribution in [3.8, 4) is 18.1 Å². The average molecular weight is 258 g/mol. The first-order chi connectivity index (χ1) is 8.70. The summed E-state index contributed by atoms with van der Waals surface area (Å²) in [7, 11) is 0. The molecule has 0 unspecified atom stereocenters. The van der Waals surface area contributed by atoms with Gasteiger partial charge < -0.3 is 10.4 Å². The van der Waals surface area contributed by atoms with Crippen LogP contribution in [0.4, 0.5) is 5.69 Å². The Morgan fingerprint density at radius 1 is 1.22 bits per heavy atom. The van der Waals surface area contributed by atoms with E-state index in [4.69, 9.17) is 18.0 Å². The Morgan fingerprint density at radius 2 is 2.00 bits per heavy atom. The van der Waals surface area contributed by atoms with E-state index in [1.807, 2.05) is 24.3 Å². The lowest BCUT2D eigenvalue weighted by Crippen LogP contribution is -2.00. The highest BCUT2D eigenvalue weighted by molar-refractivity contribution is 6.31. The van der Waals surface area contributed by atoms with Gasteiger partial charge in [0.25, 0.3) is 0 Å². The van der Waals surface area contributed by atoms with E-state index in [2.05, 4.69) is 11.2 Å². The summed E-state index contributed by atoms with van der Waals surface area (Å²) in [5, 5.41) is 13.4. The molecule has 0 fully saturated rings. The van der Waals surface area contributed by atoms with Gasteiger partial charge in [0, 0.05) is 28.4 Å². The van der Waals surface area contributed by atoms with Crippen LogP contribution in [0.5, 0.6) is 5.75 Å². The Kier molecular flexibility index (Phi) is 3.76. The van der Waals surface area contributed by atoms with Gasteiger partial charge in [-0.2, -0.15) is 0 Å². The van der Waals surface area contributed by atoms with E-state index in [1.165, 1.54) is 0 Å². The van der Waals surface area contributed by atoms with Crippen molar-refractivity contribution in [1.29, 1.82) is 0 Å². The van der Waals surface area contributed by atoms with Crippen LogP contribution in [0.1, 0.15) is 11.1 Å². The topological polar surface area (TPSA) is 32.3 Å². The lowest BCUT2D eigenvalue weighted by Gasteiger charge is -2.10. The maximum atomic E-state index is 9.71. The van der Waals surface area contributed by atoms with E-state index in [-0.39, 0.29) is 5.75 Å². The number of aromatic hydroxyl groups is 1. The predicted octanol–water partition coefficient (Wildman–Crippen LogP) is 3.64. The summed E-state index contributed by atoms with van der Waals surface area (Å²) < 4.78 is 0. The van der Waals surface area contributed by atoms with Crippen LogP contribution in [-0.4, -0.2) is 5.11 Å². The highest BCUT2D eigenvalue weighted by Crippen LogP contribution is 2.26. The van der Waals surface area contributed by atoms with Crippen molar-refractivity contribution in [2.45, 2.75) is 6.54 Å². The van der Waals surface area contributed by atoms with Crippen LogP contribution in [0.15, 0.2) is 42.5 Å². The molecule has 3 heteroatoms. The second-order valence-electron chi connectivity index (χ2n) is 3.82. The molecule has 2 nitrogen and oxygen atoms in total. The molecule has 18 heavy (non-hydrogen) atoms. The molecule has 2 aromatic carbocycles. The highest BCUT2D eigenvalue weighted by atomic mass is 35.5. The van der Waals surface area contributed by atoms with E-state index < -0.39 is 0 Å². The van der Waals surface area contributed by atoms with Gasteiger partial charge in [0.1, 0.15) is 5.75 Å². The molecule has 2 rings (SSSR count). The van der Waals surface area contributed by atoms with Crippen LogP contribution in [0, 0.1) is 12.3 Å². The monoisotopic (exact) mass is 257 g/mol. The molecule has 0 saturated heterocycles. The van der Waals surface area contributed by atoms with Gasteiger partial charge >= 0.3 is 0 Å². The summed E-state index contributed by atoms with van der Waals surface area (Å²) in [5.41, 5.74) is 2.37.